The Morgan fingerprint density at radius 2 is 1.97 bits per heavy atom. The first-order valence-electron chi connectivity index (χ1n) is 10.4. The highest BCUT2D eigenvalue weighted by molar-refractivity contribution is 7.89. The maximum atomic E-state index is 14.0. The molecule has 2 aromatic heterocycles. The molecule has 1 aromatic carbocycles. The van der Waals surface area contributed by atoms with Gasteiger partial charge in [-0.2, -0.15) is 4.31 Å². The fourth-order valence-electron chi connectivity index (χ4n) is 3.73. The van der Waals surface area contributed by atoms with Gasteiger partial charge in [-0.3, -0.25) is 4.79 Å². The van der Waals surface area contributed by atoms with Gasteiger partial charge in [-0.25, -0.2) is 17.8 Å². The highest BCUT2D eigenvalue weighted by atomic mass is 32.2. The third kappa shape index (κ3) is 5.09. The third-order valence-corrected chi connectivity index (χ3v) is 9.36. The van der Waals surface area contributed by atoms with E-state index < -0.39 is 15.8 Å². The molecule has 1 aliphatic rings. The molecule has 1 saturated heterocycles. The lowest BCUT2D eigenvalue weighted by Crippen LogP contribution is -2.43. The Balaban J connectivity index is 1.25. The summed E-state index contributed by atoms with van der Waals surface area (Å²) in [7, 11) is -3.89. The summed E-state index contributed by atoms with van der Waals surface area (Å²) < 4.78 is 40.6. The molecule has 1 fully saturated rings. The molecule has 10 heteroatoms. The van der Waals surface area contributed by atoms with Crippen LogP contribution in [0.25, 0.3) is 10.6 Å². The zero-order valence-corrected chi connectivity index (χ0v) is 20.0. The van der Waals surface area contributed by atoms with Crippen molar-refractivity contribution in [1.82, 2.24) is 14.6 Å². The van der Waals surface area contributed by atoms with Gasteiger partial charge in [-0.15, -0.1) is 22.7 Å². The van der Waals surface area contributed by atoms with Crippen LogP contribution < -0.4 is 5.32 Å². The molecule has 6 nitrogen and oxygen atoms in total. The van der Waals surface area contributed by atoms with Crippen LogP contribution in [0.5, 0.6) is 0 Å². The van der Waals surface area contributed by atoms with E-state index in [1.807, 2.05) is 12.3 Å². The third-order valence-electron chi connectivity index (χ3n) is 5.48. The van der Waals surface area contributed by atoms with Crippen LogP contribution in [0.3, 0.4) is 0 Å². The minimum Gasteiger partial charge on any atom is -0.355 e. The number of nitrogens with one attached hydrogen (secondary N) is 1. The Hall–Kier alpha value is -2.14. The van der Waals surface area contributed by atoms with Crippen molar-refractivity contribution in [2.24, 2.45) is 5.92 Å². The van der Waals surface area contributed by atoms with E-state index >= 15 is 0 Å². The highest BCUT2D eigenvalue weighted by Crippen LogP contribution is 2.29. The molecule has 0 bridgehead atoms. The number of nitrogens with zero attached hydrogens (tertiary/aromatic N) is 2. The van der Waals surface area contributed by atoms with E-state index in [1.54, 1.807) is 22.7 Å². The van der Waals surface area contributed by atoms with E-state index in [0.29, 0.717) is 19.4 Å². The van der Waals surface area contributed by atoms with E-state index in [0.717, 1.165) is 28.1 Å². The van der Waals surface area contributed by atoms with Crippen LogP contribution >= 0.6 is 22.7 Å². The molecule has 0 aliphatic carbocycles. The molecular formula is C22H24FN3O3S3. The second kappa shape index (κ2) is 9.78. The maximum absolute atomic E-state index is 14.0. The van der Waals surface area contributed by atoms with E-state index in [4.69, 9.17) is 0 Å². The van der Waals surface area contributed by atoms with Gasteiger partial charge in [0.05, 0.1) is 15.6 Å². The second-order valence-electron chi connectivity index (χ2n) is 7.67. The number of benzene rings is 1. The number of sulfonamides is 1. The zero-order chi connectivity index (χ0) is 22.7. The Bertz CT molecular complexity index is 1200. The Morgan fingerprint density at radius 1 is 1.22 bits per heavy atom. The molecular weight excluding hydrogens is 469 g/mol. The van der Waals surface area contributed by atoms with Crippen LogP contribution in [0.2, 0.25) is 0 Å². The molecule has 170 valence electrons. The summed E-state index contributed by atoms with van der Waals surface area (Å²) in [5.74, 6) is -1.05. The van der Waals surface area contributed by atoms with Gasteiger partial charge in [0.1, 0.15) is 10.7 Å². The lowest BCUT2D eigenvalue weighted by molar-refractivity contribution is -0.126. The zero-order valence-electron chi connectivity index (χ0n) is 17.6. The monoisotopic (exact) mass is 493 g/mol. The van der Waals surface area contributed by atoms with Crippen LogP contribution in [-0.2, 0) is 21.2 Å². The molecule has 4 rings (SSSR count). The molecule has 0 spiro atoms. The van der Waals surface area contributed by atoms with Gasteiger partial charge in [-0.05, 0) is 50.5 Å². The largest absolute Gasteiger partial charge is 0.355 e. The predicted molar refractivity (Wildman–Crippen MR) is 125 cm³/mol. The van der Waals surface area contributed by atoms with Crippen molar-refractivity contribution < 1.29 is 17.6 Å². The fraction of sp³-hybridized carbons (Fsp3) is 0.364. The number of hydrogen-bond acceptors (Lipinski definition) is 6. The first-order valence-corrected chi connectivity index (χ1v) is 13.5. The van der Waals surface area contributed by atoms with E-state index in [-0.39, 0.29) is 29.8 Å². The minimum atomic E-state index is -3.89. The Labute approximate surface area is 195 Å². The van der Waals surface area contributed by atoms with Crippen molar-refractivity contribution in [2.45, 2.75) is 31.1 Å². The smallest absolute Gasteiger partial charge is 0.245 e. The van der Waals surface area contributed by atoms with Crippen molar-refractivity contribution >= 4 is 38.6 Å². The van der Waals surface area contributed by atoms with E-state index in [1.165, 1.54) is 27.4 Å². The average Bonchev–Trinajstić information content (AvgIpc) is 3.43. The minimum absolute atomic E-state index is 0.0557. The molecule has 1 aliphatic heterocycles. The molecule has 0 saturated carbocycles. The predicted octanol–water partition coefficient (Wildman–Crippen LogP) is 4.08. The van der Waals surface area contributed by atoms with Gasteiger partial charge in [0.15, 0.2) is 0 Å². The first-order chi connectivity index (χ1) is 15.3. The number of halogens is 1. The van der Waals surface area contributed by atoms with Crippen molar-refractivity contribution in [3.05, 3.63) is 57.5 Å². The van der Waals surface area contributed by atoms with Gasteiger partial charge in [-0.1, -0.05) is 12.1 Å². The number of aromatic nitrogens is 1. The highest BCUT2D eigenvalue weighted by Gasteiger charge is 2.33. The standard InChI is InChI=1S/C22H24FN3O3S3/c1-15-25-19(14-30-15)20-7-6-17(31-20)8-11-24-22(27)16-9-12-26(13-10-16)32(28,29)21-5-3-2-4-18(21)23/h2-7,14,16H,8-13H2,1H3,(H,24,27). The molecule has 1 N–H and O–H groups in total. The second-order valence-corrected chi connectivity index (χ2v) is 11.8. The van der Waals surface area contributed by atoms with Gasteiger partial charge in [0, 0.05) is 35.8 Å². The lowest BCUT2D eigenvalue weighted by atomic mass is 9.97. The van der Waals surface area contributed by atoms with Crippen LogP contribution in [0.1, 0.15) is 22.7 Å². The SMILES string of the molecule is Cc1nc(-c2ccc(CCNC(=O)C3CCN(S(=O)(=O)c4ccccc4F)CC3)s2)cs1. The Kier molecular flexibility index (Phi) is 7.04. The number of carbonyl (C=O) groups excluding carboxylic acids is 1. The lowest BCUT2D eigenvalue weighted by Gasteiger charge is -2.30. The van der Waals surface area contributed by atoms with Crippen molar-refractivity contribution in [1.29, 1.82) is 0 Å². The summed E-state index contributed by atoms with van der Waals surface area (Å²) in [6.45, 7) is 2.92. The van der Waals surface area contributed by atoms with Crippen LogP contribution in [0.15, 0.2) is 46.7 Å². The number of aryl methyl sites for hydroxylation is 1. The number of piperidine rings is 1. The molecule has 32 heavy (non-hydrogen) atoms. The number of thiophene rings is 1. The van der Waals surface area contributed by atoms with E-state index in [2.05, 4.69) is 22.4 Å². The van der Waals surface area contributed by atoms with Crippen LogP contribution in [0, 0.1) is 18.7 Å². The molecule has 1 amide bonds. The number of amides is 1. The molecule has 0 radical (unpaired) electrons. The fourth-order valence-corrected chi connectivity index (χ4v) is 6.92. The van der Waals surface area contributed by atoms with Gasteiger partial charge < -0.3 is 5.32 Å². The molecule has 0 unspecified atom stereocenters. The van der Waals surface area contributed by atoms with Crippen molar-refractivity contribution in [3.8, 4) is 10.6 Å². The summed E-state index contributed by atoms with van der Waals surface area (Å²) in [6.07, 6.45) is 1.58. The van der Waals surface area contributed by atoms with Gasteiger partial charge in [0.2, 0.25) is 15.9 Å². The summed E-state index contributed by atoms with van der Waals surface area (Å²) in [6, 6.07) is 9.50. The summed E-state index contributed by atoms with van der Waals surface area (Å²) in [5.41, 5.74) is 0.991. The number of thiazole rings is 1. The summed E-state index contributed by atoms with van der Waals surface area (Å²) in [5, 5.41) is 6.06. The van der Waals surface area contributed by atoms with Crippen LogP contribution in [-0.4, -0.2) is 43.2 Å². The number of hydrogen-bond donors (Lipinski definition) is 1. The molecule has 3 heterocycles. The van der Waals surface area contributed by atoms with Gasteiger partial charge >= 0.3 is 0 Å². The molecule has 3 aromatic rings. The van der Waals surface area contributed by atoms with Gasteiger partial charge in [0.25, 0.3) is 0 Å². The van der Waals surface area contributed by atoms with E-state index in [9.17, 15) is 17.6 Å². The quantitative estimate of drug-likeness (QED) is 0.538. The van der Waals surface area contributed by atoms with Crippen molar-refractivity contribution in [3.63, 3.8) is 0 Å². The summed E-state index contributed by atoms with van der Waals surface area (Å²) in [4.78, 5) is 19.0. The van der Waals surface area contributed by atoms with Crippen molar-refractivity contribution in [2.75, 3.05) is 19.6 Å². The maximum Gasteiger partial charge on any atom is 0.245 e. The number of carbonyl (C=O) groups is 1. The topological polar surface area (TPSA) is 79.4 Å². The number of rotatable bonds is 7. The first kappa shape index (κ1) is 23.0. The van der Waals surface area contributed by atoms with Crippen LogP contribution in [0.4, 0.5) is 4.39 Å². The Morgan fingerprint density at radius 3 is 2.66 bits per heavy atom. The summed E-state index contributed by atoms with van der Waals surface area (Å²) >= 11 is 3.30. The molecule has 0 atom stereocenters. The average molecular weight is 494 g/mol. The normalized spacial score (nSPS) is 15.7.